The van der Waals surface area contributed by atoms with Gasteiger partial charge in [0.05, 0.1) is 6.10 Å². The molecule has 164 valence electrons. The van der Waals surface area contributed by atoms with Crippen molar-refractivity contribution in [2.45, 2.75) is 59.5 Å². The molecule has 0 aromatic heterocycles. The summed E-state index contributed by atoms with van der Waals surface area (Å²) in [6.45, 7) is 7.05. The first kappa shape index (κ1) is 21.4. The summed E-state index contributed by atoms with van der Waals surface area (Å²) in [7, 11) is 0. The molecule has 30 heavy (non-hydrogen) atoms. The second kappa shape index (κ2) is 7.11. The summed E-state index contributed by atoms with van der Waals surface area (Å²) in [4.78, 5) is 36.1. The number of Topliss-reactive ketones (excluding diaryl/α,β-unsaturated/α-hetero) is 1. The molecular weight excluding hydrogens is 387 g/mol. The van der Waals surface area contributed by atoms with Crippen LogP contribution in [0, 0.1) is 40.4 Å². The van der Waals surface area contributed by atoms with Gasteiger partial charge in [-0.25, -0.2) is 4.39 Å². The van der Waals surface area contributed by atoms with E-state index in [-0.39, 0.29) is 53.6 Å². The van der Waals surface area contributed by atoms with E-state index in [1.165, 1.54) is 13.0 Å². The van der Waals surface area contributed by atoms with Crippen LogP contribution >= 0.6 is 0 Å². The molecular formula is C24H31FO5. The summed E-state index contributed by atoms with van der Waals surface area (Å²) < 4.78 is 20.2. The van der Waals surface area contributed by atoms with E-state index >= 15 is 4.39 Å². The smallest absolute Gasteiger partial charge is 0.303 e. The van der Waals surface area contributed by atoms with Crippen molar-refractivity contribution < 1.29 is 28.6 Å². The zero-order valence-electron chi connectivity index (χ0n) is 18.1. The minimum Gasteiger partial charge on any atom is -0.458 e. The Morgan fingerprint density at radius 2 is 2.03 bits per heavy atom. The highest BCUT2D eigenvalue weighted by atomic mass is 19.1. The maximum atomic E-state index is 15.2. The first-order valence-electron chi connectivity index (χ1n) is 11.0. The number of aliphatic hydroxyl groups excluding tert-OH is 1. The topological polar surface area (TPSA) is 80.7 Å². The van der Waals surface area contributed by atoms with Crippen molar-refractivity contribution in [2.75, 3.05) is 6.61 Å². The predicted octanol–water partition coefficient (Wildman–Crippen LogP) is 3.56. The number of carbonyl (C=O) groups is 3. The van der Waals surface area contributed by atoms with Crippen LogP contribution in [0.5, 0.6) is 0 Å². The molecule has 1 N–H and O–H groups in total. The van der Waals surface area contributed by atoms with Crippen LogP contribution in [-0.4, -0.2) is 35.4 Å². The monoisotopic (exact) mass is 418 g/mol. The number of halogens is 1. The molecule has 4 rings (SSSR count). The van der Waals surface area contributed by atoms with Crippen molar-refractivity contribution in [1.29, 1.82) is 0 Å². The summed E-state index contributed by atoms with van der Waals surface area (Å²) in [6, 6.07) is 0. The zero-order chi connectivity index (χ0) is 22.0. The molecule has 0 amide bonds. The van der Waals surface area contributed by atoms with Gasteiger partial charge in [-0.1, -0.05) is 20.8 Å². The first-order valence-corrected chi connectivity index (χ1v) is 11.0. The fraction of sp³-hybridized carbons (Fsp3) is 0.708. The summed E-state index contributed by atoms with van der Waals surface area (Å²) in [5, 5.41) is 11.3. The minimum atomic E-state index is -0.698. The highest BCUT2D eigenvalue weighted by Gasteiger charge is 2.64. The molecule has 5 nitrogen and oxygen atoms in total. The van der Waals surface area contributed by atoms with Gasteiger partial charge < -0.3 is 9.84 Å². The highest BCUT2D eigenvalue weighted by molar-refractivity contribution is 5.92. The lowest BCUT2D eigenvalue weighted by atomic mass is 9.47. The number of carbonyl (C=O) groups excluding carboxylic acids is 3. The normalized spacial score (nSPS) is 44.9. The average molecular weight is 419 g/mol. The van der Waals surface area contributed by atoms with E-state index in [1.54, 1.807) is 6.08 Å². The second-order valence-electron chi connectivity index (χ2n) is 10.4. The Morgan fingerprint density at radius 3 is 2.70 bits per heavy atom. The minimum absolute atomic E-state index is 0.0499. The van der Waals surface area contributed by atoms with E-state index in [2.05, 4.69) is 0 Å². The van der Waals surface area contributed by atoms with Crippen LogP contribution in [0.1, 0.15) is 53.4 Å². The summed E-state index contributed by atoms with van der Waals surface area (Å²) in [6.07, 6.45) is 4.44. The predicted molar refractivity (Wildman–Crippen MR) is 108 cm³/mol. The van der Waals surface area contributed by atoms with Crippen molar-refractivity contribution in [3.05, 3.63) is 23.6 Å². The number of aliphatic hydroxyl groups is 1. The van der Waals surface area contributed by atoms with Crippen LogP contribution in [-0.2, 0) is 19.1 Å². The Morgan fingerprint density at radius 1 is 1.33 bits per heavy atom. The maximum Gasteiger partial charge on any atom is 0.303 e. The van der Waals surface area contributed by atoms with E-state index in [0.717, 1.165) is 6.42 Å². The number of ether oxygens (including phenoxy) is 1. The van der Waals surface area contributed by atoms with E-state index in [4.69, 9.17) is 4.74 Å². The van der Waals surface area contributed by atoms with Crippen molar-refractivity contribution in [1.82, 2.24) is 0 Å². The fourth-order valence-electron chi connectivity index (χ4n) is 7.53. The van der Waals surface area contributed by atoms with E-state index < -0.39 is 22.9 Å². The molecule has 2 unspecified atom stereocenters. The molecule has 6 heteroatoms. The number of allylic oxidation sites excluding steroid dienone is 4. The van der Waals surface area contributed by atoms with Gasteiger partial charge >= 0.3 is 5.97 Å². The lowest BCUT2D eigenvalue weighted by Crippen LogP contribution is -2.56. The SMILES string of the molecule is CC(=O)OCC(=O)[C@H]1C(C)C[C@H]2[C@@H]3C=C(F)C4=CC(=O)CC[C@]4(C)[C@H]3C(O)C[C@]12C. The standard InChI is InChI=1S/C24H31FO5/c1-12-7-16-15-9-18(25)17-8-14(27)5-6-23(17,3)22(15)19(28)10-24(16,4)21(12)20(29)11-30-13(2)26/h8-9,12,15-16,19,21-22,28H,5-7,10-11H2,1-4H3/t12?,15-,16-,19?,21+,22+,23-,24-/m0/s1. The third-order valence-electron chi connectivity index (χ3n) is 8.60. The fourth-order valence-corrected chi connectivity index (χ4v) is 7.53. The largest absolute Gasteiger partial charge is 0.458 e. The van der Waals surface area contributed by atoms with Gasteiger partial charge in [0.15, 0.2) is 11.6 Å². The third kappa shape index (κ3) is 3.02. The van der Waals surface area contributed by atoms with Gasteiger partial charge in [-0.05, 0) is 60.2 Å². The molecule has 4 aliphatic carbocycles. The second-order valence-corrected chi connectivity index (χ2v) is 10.4. The van der Waals surface area contributed by atoms with Crippen LogP contribution in [0.2, 0.25) is 0 Å². The molecule has 0 aliphatic heterocycles. The molecule has 0 aromatic carbocycles. The van der Waals surface area contributed by atoms with Crippen LogP contribution in [0.4, 0.5) is 4.39 Å². The molecule has 0 heterocycles. The molecule has 0 aromatic rings. The Hall–Kier alpha value is -1.82. The van der Waals surface area contributed by atoms with E-state index in [0.29, 0.717) is 24.8 Å². The number of hydrogen-bond acceptors (Lipinski definition) is 5. The average Bonchev–Trinajstić information content (AvgIpc) is 2.91. The quantitative estimate of drug-likeness (QED) is 0.709. The molecule has 8 atom stereocenters. The summed E-state index contributed by atoms with van der Waals surface area (Å²) in [5.41, 5.74) is -0.645. The van der Waals surface area contributed by atoms with Crippen molar-refractivity contribution >= 4 is 17.5 Å². The molecule has 0 spiro atoms. The Bertz CT molecular complexity index is 860. The first-order chi connectivity index (χ1) is 14.0. The Balaban J connectivity index is 1.73. The molecule has 2 fully saturated rings. The lowest BCUT2D eigenvalue weighted by Gasteiger charge is -2.57. The van der Waals surface area contributed by atoms with Crippen molar-refractivity contribution in [2.24, 2.45) is 40.4 Å². The molecule has 0 bridgehead atoms. The zero-order valence-corrected chi connectivity index (χ0v) is 18.1. The molecule has 0 saturated heterocycles. The van der Waals surface area contributed by atoms with Gasteiger partial charge in [-0.3, -0.25) is 14.4 Å². The van der Waals surface area contributed by atoms with Gasteiger partial charge in [-0.2, -0.15) is 0 Å². The summed E-state index contributed by atoms with van der Waals surface area (Å²) in [5.74, 6) is -1.63. The highest BCUT2D eigenvalue weighted by Crippen LogP contribution is 2.67. The Kier molecular flexibility index (Phi) is 5.08. The third-order valence-corrected chi connectivity index (χ3v) is 8.60. The van der Waals surface area contributed by atoms with Gasteiger partial charge in [0.2, 0.25) is 0 Å². The van der Waals surface area contributed by atoms with Crippen LogP contribution in [0.25, 0.3) is 0 Å². The lowest BCUT2D eigenvalue weighted by molar-refractivity contribution is -0.152. The van der Waals surface area contributed by atoms with Crippen molar-refractivity contribution in [3.8, 4) is 0 Å². The maximum absolute atomic E-state index is 15.2. The van der Waals surface area contributed by atoms with Crippen molar-refractivity contribution in [3.63, 3.8) is 0 Å². The van der Waals surface area contributed by atoms with Gasteiger partial charge in [0, 0.05) is 30.6 Å². The molecule has 4 aliphatic rings. The van der Waals surface area contributed by atoms with Gasteiger partial charge in [0.25, 0.3) is 0 Å². The van der Waals surface area contributed by atoms with Gasteiger partial charge in [0.1, 0.15) is 12.4 Å². The summed E-state index contributed by atoms with van der Waals surface area (Å²) >= 11 is 0. The van der Waals surface area contributed by atoms with Crippen LogP contribution in [0.15, 0.2) is 23.6 Å². The molecule has 0 radical (unpaired) electrons. The number of rotatable bonds is 3. The number of fused-ring (bicyclic) bond motifs is 5. The number of hydrogen-bond donors (Lipinski definition) is 1. The van der Waals surface area contributed by atoms with Crippen LogP contribution < -0.4 is 0 Å². The number of ketones is 2. The van der Waals surface area contributed by atoms with Crippen LogP contribution in [0.3, 0.4) is 0 Å². The Labute approximate surface area is 176 Å². The van der Waals surface area contributed by atoms with E-state index in [1.807, 2.05) is 20.8 Å². The molecule has 2 saturated carbocycles. The number of esters is 1. The van der Waals surface area contributed by atoms with E-state index in [9.17, 15) is 19.5 Å². The van der Waals surface area contributed by atoms with Gasteiger partial charge in [-0.15, -0.1) is 0 Å².